The Hall–Kier alpha value is -3.97. The maximum Gasteiger partial charge on any atom is 0.410 e. The number of nitrogens with one attached hydrogen (secondary N) is 1. The number of cyclic esters (lactones) is 1. The highest BCUT2D eigenvalue weighted by atomic mass is 35.5. The third kappa shape index (κ3) is 6.90. The molecule has 2 aliphatic heterocycles. The quantitative estimate of drug-likeness (QED) is 0.347. The number of nitrogens with zero attached hydrogens (tertiary/aromatic N) is 4. The second kappa shape index (κ2) is 12.1. The number of benzene rings is 1. The van der Waals surface area contributed by atoms with Gasteiger partial charge in [-0.3, -0.25) is 4.79 Å². The molecule has 0 saturated carbocycles. The predicted octanol–water partition coefficient (Wildman–Crippen LogP) is 4.44. The largest absolute Gasteiger partial charge is 0.488 e. The number of halogens is 3. The number of rotatable bonds is 10. The molecule has 2 N–H and O–H groups in total. The fraction of sp³-hybridized carbons (Fsp3) is 0.429. The highest BCUT2D eigenvalue weighted by molar-refractivity contribution is 6.30. The Morgan fingerprint density at radius 1 is 1.31 bits per heavy atom. The average Bonchev–Trinajstić information content (AvgIpc) is 3.58. The van der Waals surface area contributed by atoms with Gasteiger partial charge in [-0.15, -0.1) is 0 Å². The van der Waals surface area contributed by atoms with Gasteiger partial charge in [0.2, 0.25) is 5.88 Å². The van der Waals surface area contributed by atoms with Crippen molar-refractivity contribution in [3.8, 4) is 22.9 Å². The van der Waals surface area contributed by atoms with Crippen molar-refractivity contribution in [3.63, 3.8) is 0 Å². The molecule has 0 unspecified atom stereocenters. The smallest absolute Gasteiger partial charge is 0.410 e. The minimum atomic E-state index is -2.88. The summed E-state index contributed by atoms with van der Waals surface area (Å²) in [5.41, 5.74) is -0.104. The van der Waals surface area contributed by atoms with Crippen molar-refractivity contribution in [2.45, 2.75) is 57.5 Å². The Bertz CT molecular complexity index is 1450. The molecule has 2 aromatic heterocycles. The zero-order valence-electron chi connectivity index (χ0n) is 22.9. The fourth-order valence-corrected chi connectivity index (χ4v) is 4.81. The summed E-state index contributed by atoms with van der Waals surface area (Å²) in [6, 6.07) is 8.24. The van der Waals surface area contributed by atoms with Gasteiger partial charge in [-0.1, -0.05) is 23.7 Å². The minimum Gasteiger partial charge on any atom is -0.488 e. The van der Waals surface area contributed by atoms with Crippen molar-refractivity contribution in [2.24, 2.45) is 0 Å². The molecule has 2 fully saturated rings. The van der Waals surface area contributed by atoms with E-state index in [2.05, 4.69) is 15.4 Å². The second-order valence-corrected chi connectivity index (χ2v) is 11.2. The molecule has 0 radical (unpaired) electrons. The van der Waals surface area contributed by atoms with E-state index < -0.39 is 18.1 Å². The highest BCUT2D eigenvalue weighted by Gasteiger charge is 2.39. The molecule has 2 amide bonds. The van der Waals surface area contributed by atoms with E-state index in [0.29, 0.717) is 29.1 Å². The Labute approximate surface area is 245 Å². The van der Waals surface area contributed by atoms with Crippen molar-refractivity contribution in [1.82, 2.24) is 25.0 Å². The van der Waals surface area contributed by atoms with Crippen LogP contribution >= 0.6 is 11.6 Å². The molecular weight excluding hydrogens is 576 g/mol. The van der Waals surface area contributed by atoms with Crippen molar-refractivity contribution in [2.75, 3.05) is 19.8 Å². The number of carbonyl (C=O) groups excluding carboxylic acids is 2. The molecule has 0 bridgehead atoms. The van der Waals surface area contributed by atoms with Gasteiger partial charge < -0.3 is 29.5 Å². The molecule has 0 aliphatic carbocycles. The predicted molar refractivity (Wildman–Crippen MR) is 147 cm³/mol. The first-order valence-electron chi connectivity index (χ1n) is 13.3. The van der Waals surface area contributed by atoms with Crippen molar-refractivity contribution < 1.29 is 37.7 Å². The third-order valence-electron chi connectivity index (χ3n) is 6.80. The molecule has 5 rings (SSSR count). The summed E-state index contributed by atoms with van der Waals surface area (Å²) in [5.74, 6) is -0.505. The number of hydrogen-bond acceptors (Lipinski definition) is 8. The summed E-state index contributed by atoms with van der Waals surface area (Å²) in [6.45, 7) is 0.811. The first kappa shape index (κ1) is 29.5. The molecule has 2 atom stereocenters. The molecular formula is C28H30ClF2N5O6. The third-order valence-corrected chi connectivity index (χ3v) is 7.05. The summed E-state index contributed by atoms with van der Waals surface area (Å²) in [7, 11) is 0. The van der Waals surface area contributed by atoms with Gasteiger partial charge in [0, 0.05) is 48.8 Å². The topological polar surface area (TPSA) is 128 Å². The van der Waals surface area contributed by atoms with E-state index in [9.17, 15) is 23.5 Å². The Balaban J connectivity index is 1.49. The second-order valence-electron chi connectivity index (χ2n) is 10.8. The average molecular weight is 606 g/mol. The van der Waals surface area contributed by atoms with Gasteiger partial charge in [0.05, 0.1) is 17.8 Å². The molecule has 2 saturated heterocycles. The minimum absolute atomic E-state index is 0.0185. The van der Waals surface area contributed by atoms with Gasteiger partial charge in [0.1, 0.15) is 36.3 Å². The molecule has 11 nitrogen and oxygen atoms in total. The number of fused-ring (bicyclic) bond motifs is 1. The Morgan fingerprint density at radius 2 is 2.07 bits per heavy atom. The summed E-state index contributed by atoms with van der Waals surface area (Å²) in [4.78, 5) is 31.6. The molecule has 3 aromatic rings. The number of aliphatic hydroxyl groups is 1. The standard InChI is InChI=1S/C28H30ClF2N5O6/c1-28(2,39)15-41-25-21(24(37)32-11-16-3-5-18(29)6-4-16)10-22(23(34-25)17-12-33-36(13-17)26(30)31)42-20-7-8-35-19(9-20)14-40-27(35)38/h3-6,10,12-13,19-20,26,39H,7-9,11,14-15H2,1-2H3,(H,32,37)/t19-,20-/m0/s1. The Kier molecular flexibility index (Phi) is 8.50. The fourth-order valence-electron chi connectivity index (χ4n) is 4.69. The van der Waals surface area contributed by atoms with Crippen LogP contribution in [0.15, 0.2) is 42.7 Å². The lowest BCUT2D eigenvalue weighted by Crippen LogP contribution is -2.44. The van der Waals surface area contributed by atoms with Crippen LogP contribution in [0.25, 0.3) is 11.3 Å². The highest BCUT2D eigenvalue weighted by Crippen LogP contribution is 2.36. The van der Waals surface area contributed by atoms with Crippen LogP contribution in [0.1, 0.15) is 49.2 Å². The van der Waals surface area contributed by atoms with E-state index in [1.807, 2.05) is 0 Å². The lowest BCUT2D eigenvalue weighted by atomic mass is 10.0. The van der Waals surface area contributed by atoms with E-state index in [1.54, 1.807) is 29.2 Å². The monoisotopic (exact) mass is 605 g/mol. The van der Waals surface area contributed by atoms with Gasteiger partial charge in [0.15, 0.2) is 0 Å². The number of hydrogen-bond donors (Lipinski definition) is 2. The summed E-state index contributed by atoms with van der Waals surface area (Å²) >= 11 is 5.96. The number of carbonyl (C=O) groups is 2. The lowest BCUT2D eigenvalue weighted by Gasteiger charge is -2.33. The van der Waals surface area contributed by atoms with Crippen LogP contribution in [0.4, 0.5) is 13.6 Å². The number of amides is 2. The molecule has 224 valence electrons. The lowest BCUT2D eigenvalue weighted by molar-refractivity contribution is 0.0263. The number of piperidine rings is 1. The van der Waals surface area contributed by atoms with E-state index in [4.69, 9.17) is 25.8 Å². The SMILES string of the molecule is CC(C)(O)COc1nc(-c2cnn(C(F)F)c2)c(O[C@H]2CCN3C(=O)OC[C@@H]3C2)cc1C(=O)NCc1ccc(Cl)cc1. The van der Waals surface area contributed by atoms with Crippen LogP contribution in [0.2, 0.25) is 5.02 Å². The van der Waals surface area contributed by atoms with Crippen LogP contribution in [-0.4, -0.2) is 74.3 Å². The summed E-state index contributed by atoms with van der Waals surface area (Å²) < 4.78 is 44.5. The normalized spacial score (nSPS) is 18.5. The summed E-state index contributed by atoms with van der Waals surface area (Å²) in [5, 5.41) is 17.4. The van der Waals surface area contributed by atoms with Crippen LogP contribution in [0, 0.1) is 0 Å². The number of ether oxygens (including phenoxy) is 3. The van der Waals surface area contributed by atoms with E-state index >= 15 is 0 Å². The van der Waals surface area contributed by atoms with Crippen molar-refractivity contribution >= 4 is 23.6 Å². The zero-order chi connectivity index (χ0) is 30.0. The zero-order valence-corrected chi connectivity index (χ0v) is 23.7. The van der Waals surface area contributed by atoms with Crippen LogP contribution < -0.4 is 14.8 Å². The van der Waals surface area contributed by atoms with Gasteiger partial charge in [-0.25, -0.2) is 14.5 Å². The van der Waals surface area contributed by atoms with Crippen molar-refractivity contribution in [1.29, 1.82) is 0 Å². The number of pyridine rings is 1. The van der Waals surface area contributed by atoms with Gasteiger partial charge >= 0.3 is 12.6 Å². The molecule has 14 heteroatoms. The van der Waals surface area contributed by atoms with E-state index in [0.717, 1.165) is 11.8 Å². The number of alkyl halides is 2. The van der Waals surface area contributed by atoms with Gasteiger partial charge in [-0.05, 0) is 31.5 Å². The summed E-state index contributed by atoms with van der Waals surface area (Å²) in [6.07, 6.45) is 2.54. The van der Waals surface area contributed by atoms with E-state index in [1.165, 1.54) is 26.1 Å². The first-order chi connectivity index (χ1) is 20.0. The van der Waals surface area contributed by atoms with Gasteiger partial charge in [-0.2, -0.15) is 13.9 Å². The van der Waals surface area contributed by atoms with Crippen LogP contribution in [-0.2, 0) is 11.3 Å². The Morgan fingerprint density at radius 3 is 2.76 bits per heavy atom. The van der Waals surface area contributed by atoms with Crippen LogP contribution in [0.3, 0.4) is 0 Å². The molecule has 0 spiro atoms. The first-order valence-corrected chi connectivity index (χ1v) is 13.7. The van der Waals surface area contributed by atoms with Gasteiger partial charge in [0.25, 0.3) is 5.91 Å². The molecule has 42 heavy (non-hydrogen) atoms. The molecule has 4 heterocycles. The maximum atomic E-state index is 13.5. The molecule has 2 aliphatic rings. The van der Waals surface area contributed by atoms with E-state index in [-0.39, 0.29) is 66.4 Å². The number of aromatic nitrogens is 3. The maximum absolute atomic E-state index is 13.5. The van der Waals surface area contributed by atoms with Crippen molar-refractivity contribution in [3.05, 3.63) is 58.9 Å². The van der Waals surface area contributed by atoms with Crippen LogP contribution in [0.5, 0.6) is 11.6 Å². The molecule has 1 aromatic carbocycles.